The van der Waals surface area contributed by atoms with Crippen molar-refractivity contribution < 1.29 is 24.7 Å². The highest BCUT2D eigenvalue weighted by Crippen LogP contribution is 2.32. The van der Waals surface area contributed by atoms with Crippen molar-refractivity contribution in [3.63, 3.8) is 0 Å². The average Bonchev–Trinajstić information content (AvgIpc) is 2.97. The van der Waals surface area contributed by atoms with Gasteiger partial charge < -0.3 is 9.52 Å². The van der Waals surface area contributed by atoms with Gasteiger partial charge in [0.25, 0.3) is 0 Å². The van der Waals surface area contributed by atoms with Gasteiger partial charge in [-0.05, 0) is 24.6 Å². The van der Waals surface area contributed by atoms with Crippen molar-refractivity contribution in [1.82, 2.24) is 0 Å². The van der Waals surface area contributed by atoms with Gasteiger partial charge in [0.05, 0.1) is 11.3 Å². The van der Waals surface area contributed by atoms with Crippen LogP contribution in [0.15, 0.2) is 46.9 Å². The smallest absolute Gasteiger partial charge is 0.197 e. The van der Waals surface area contributed by atoms with Crippen LogP contribution in [-0.2, 0) is 6.42 Å². The third-order valence-electron chi connectivity index (χ3n) is 4.08. The number of hydrogen-bond acceptors (Lipinski definition) is 6. The van der Waals surface area contributed by atoms with Crippen molar-refractivity contribution in [2.45, 2.75) is 26.2 Å². The van der Waals surface area contributed by atoms with E-state index in [2.05, 4.69) is 0 Å². The van der Waals surface area contributed by atoms with Crippen LogP contribution in [0.25, 0.3) is 11.0 Å². The Morgan fingerprint density at radius 3 is 2.52 bits per heavy atom. The fraction of sp³-hybridized carbons (Fsp3) is 0.211. The van der Waals surface area contributed by atoms with Crippen LogP contribution in [0, 0.1) is 0 Å². The van der Waals surface area contributed by atoms with Gasteiger partial charge in [0.1, 0.15) is 11.3 Å². The number of fused-ring (bicyclic) bond motifs is 1. The van der Waals surface area contributed by atoms with Crippen LogP contribution >= 0.6 is 0 Å². The number of carbonyl (C=O) groups excluding carboxylic acids is 1. The van der Waals surface area contributed by atoms with Crippen molar-refractivity contribution >= 4 is 22.4 Å². The van der Waals surface area contributed by atoms with E-state index in [1.807, 2.05) is 6.92 Å². The minimum absolute atomic E-state index is 0.00135. The number of anilines is 1. The van der Waals surface area contributed by atoms with Gasteiger partial charge in [0, 0.05) is 17.4 Å². The van der Waals surface area contributed by atoms with Gasteiger partial charge in [-0.25, -0.2) is 0 Å². The zero-order valence-electron chi connectivity index (χ0n) is 13.7. The van der Waals surface area contributed by atoms with Crippen molar-refractivity contribution in [1.29, 1.82) is 0 Å². The summed E-state index contributed by atoms with van der Waals surface area (Å²) >= 11 is 0. The molecule has 6 heteroatoms. The van der Waals surface area contributed by atoms with E-state index in [4.69, 9.17) is 4.42 Å². The largest absolute Gasteiger partial charge is 0.872 e. The summed E-state index contributed by atoms with van der Waals surface area (Å²) in [5, 5.41) is 30.3. The molecule has 0 amide bonds. The van der Waals surface area contributed by atoms with Crippen LogP contribution in [0.5, 0.6) is 5.75 Å². The Morgan fingerprint density at radius 2 is 1.88 bits per heavy atom. The molecule has 6 nitrogen and oxygen atoms in total. The zero-order chi connectivity index (χ0) is 18.0. The predicted octanol–water partition coefficient (Wildman–Crippen LogP) is 3.66. The topological polar surface area (TPSA) is 97.0 Å². The molecule has 2 N–H and O–H groups in total. The van der Waals surface area contributed by atoms with Gasteiger partial charge >= 0.3 is 0 Å². The van der Waals surface area contributed by atoms with Crippen LogP contribution in [0.1, 0.15) is 41.4 Å². The molecule has 3 rings (SSSR count). The lowest BCUT2D eigenvalue weighted by Crippen LogP contribution is -2.10. The van der Waals surface area contributed by atoms with E-state index in [0.29, 0.717) is 34.3 Å². The van der Waals surface area contributed by atoms with E-state index in [1.54, 1.807) is 6.07 Å². The third kappa shape index (κ3) is 3.35. The molecule has 0 aliphatic rings. The first-order valence-corrected chi connectivity index (χ1v) is 8.06. The molecule has 25 heavy (non-hydrogen) atoms. The molecule has 0 spiro atoms. The molecule has 0 saturated carbocycles. The first-order valence-electron chi connectivity index (χ1n) is 8.06. The average molecular weight is 340 g/mol. The van der Waals surface area contributed by atoms with E-state index in [1.165, 1.54) is 36.4 Å². The first kappa shape index (κ1) is 17.0. The highest BCUT2D eigenvalue weighted by molar-refractivity contribution is 6.17. The van der Waals surface area contributed by atoms with Gasteiger partial charge in [-0.15, -0.1) is 11.0 Å². The summed E-state index contributed by atoms with van der Waals surface area (Å²) in [5.41, 5.74) is 1.40. The van der Waals surface area contributed by atoms with E-state index in [-0.39, 0.29) is 22.4 Å². The van der Waals surface area contributed by atoms with Gasteiger partial charge in [0.15, 0.2) is 5.78 Å². The van der Waals surface area contributed by atoms with Gasteiger partial charge in [-0.1, -0.05) is 37.6 Å². The lowest BCUT2D eigenvalue weighted by molar-refractivity contribution is -0.268. The summed E-state index contributed by atoms with van der Waals surface area (Å²) in [6.07, 6.45) is 2.41. The molecule has 1 aromatic heterocycles. The third-order valence-corrected chi connectivity index (χ3v) is 4.08. The Hall–Kier alpha value is -2.83. The second-order valence-corrected chi connectivity index (χ2v) is 5.83. The Kier molecular flexibility index (Phi) is 4.74. The summed E-state index contributed by atoms with van der Waals surface area (Å²) < 4.78 is 5.84. The predicted molar refractivity (Wildman–Crippen MR) is 90.2 cm³/mol. The molecule has 130 valence electrons. The number of carbonyl (C=O) groups is 1. The summed E-state index contributed by atoms with van der Waals surface area (Å²) in [6.45, 7) is 2.05. The lowest BCUT2D eigenvalue weighted by Gasteiger charge is -2.08. The van der Waals surface area contributed by atoms with Crippen molar-refractivity contribution in [3.8, 4) is 5.75 Å². The monoisotopic (exact) mass is 340 g/mol. The number of aryl methyl sites for hydroxylation is 1. The molecule has 0 aliphatic carbocycles. The molecule has 0 atom stereocenters. The Labute approximate surface area is 144 Å². The Morgan fingerprint density at radius 1 is 1.16 bits per heavy atom. The maximum Gasteiger partial charge on any atom is 0.197 e. The summed E-state index contributed by atoms with van der Waals surface area (Å²) in [6, 6.07) is 10.2. The number of rotatable bonds is 6. The first-order chi connectivity index (χ1) is 12.0. The van der Waals surface area contributed by atoms with Crippen molar-refractivity contribution in [3.05, 3.63) is 59.4 Å². The molecule has 3 aromatic rings. The molecule has 0 fully saturated rings. The summed E-state index contributed by atoms with van der Waals surface area (Å²) in [5.74, 6) is 0.135. The zero-order valence-corrected chi connectivity index (χ0v) is 13.7. The quantitative estimate of drug-likeness (QED) is 0.525. The van der Waals surface area contributed by atoms with Crippen LogP contribution < -0.4 is 10.3 Å². The second-order valence-electron chi connectivity index (χ2n) is 5.83. The number of unbranched alkanes of at least 4 members (excludes halogenated alkanes) is 1. The van der Waals surface area contributed by atoms with E-state index in [9.17, 15) is 20.3 Å². The number of furan rings is 1. The van der Waals surface area contributed by atoms with E-state index in [0.717, 1.165) is 12.8 Å². The minimum Gasteiger partial charge on any atom is -0.872 e. The molecular formula is C19H18NO5-. The molecule has 0 bridgehead atoms. The van der Waals surface area contributed by atoms with E-state index < -0.39 is 0 Å². The minimum atomic E-state index is -0.260. The molecule has 0 radical (unpaired) electrons. The standard InChI is InChI=1S/C19H19NO5/c1-2-3-4-17-18(19(22)12-5-8-14(21)9-6-12)15-11-13(20(23)24)7-10-16(15)25-17/h5-11,21,23-24H,2-4H2,1H3/p-1. The highest BCUT2D eigenvalue weighted by atomic mass is 16.8. The van der Waals surface area contributed by atoms with Crippen LogP contribution in [0.2, 0.25) is 0 Å². The van der Waals surface area contributed by atoms with Gasteiger partial charge in [-0.3, -0.25) is 15.2 Å². The summed E-state index contributed by atoms with van der Waals surface area (Å²) in [7, 11) is 0. The maximum atomic E-state index is 13.0. The molecular weight excluding hydrogens is 322 g/mol. The molecule has 0 saturated heterocycles. The number of nitrogens with zero attached hydrogens (tertiary/aromatic N) is 1. The SMILES string of the molecule is CCCCc1oc2ccc(N(O)O)cc2c1C(=O)c1ccc([O-])cc1. The maximum absolute atomic E-state index is 13.0. The molecule has 2 aromatic carbocycles. The fourth-order valence-electron chi connectivity index (χ4n) is 2.77. The Bertz CT molecular complexity index is 896. The number of benzene rings is 2. The van der Waals surface area contributed by atoms with Crippen molar-refractivity contribution in [2.24, 2.45) is 0 Å². The molecule has 1 heterocycles. The highest BCUT2D eigenvalue weighted by Gasteiger charge is 2.22. The van der Waals surface area contributed by atoms with E-state index >= 15 is 0 Å². The number of hydrogen-bond donors (Lipinski definition) is 2. The van der Waals surface area contributed by atoms with Crippen LogP contribution in [0.3, 0.4) is 0 Å². The molecule has 0 aliphatic heterocycles. The van der Waals surface area contributed by atoms with Crippen LogP contribution in [-0.4, -0.2) is 16.2 Å². The number of ketones is 1. The van der Waals surface area contributed by atoms with Gasteiger partial charge in [0.2, 0.25) is 0 Å². The molecule has 0 unspecified atom stereocenters. The second kappa shape index (κ2) is 6.96. The van der Waals surface area contributed by atoms with Crippen LogP contribution in [0.4, 0.5) is 5.69 Å². The Balaban J connectivity index is 2.15. The van der Waals surface area contributed by atoms with Crippen molar-refractivity contribution in [2.75, 3.05) is 5.23 Å². The lowest BCUT2D eigenvalue weighted by atomic mass is 9.98. The van der Waals surface area contributed by atoms with Gasteiger partial charge in [-0.2, -0.15) is 0 Å². The fourth-order valence-corrected chi connectivity index (χ4v) is 2.77. The normalized spacial score (nSPS) is 11.0. The summed E-state index contributed by atoms with van der Waals surface area (Å²) in [4.78, 5) is 13.0.